The molecule has 8 nitrogen and oxygen atoms in total. The fraction of sp³-hybridized carbons (Fsp3) is 0.393. The summed E-state index contributed by atoms with van der Waals surface area (Å²) in [5.74, 6) is 0.970. The molecule has 1 saturated heterocycles. The summed E-state index contributed by atoms with van der Waals surface area (Å²) >= 11 is 0. The Bertz CT molecular complexity index is 1400. The lowest BCUT2D eigenvalue weighted by Gasteiger charge is -2.36. The first-order valence-corrected chi connectivity index (χ1v) is 13.2. The molecule has 0 bridgehead atoms. The minimum Gasteiger partial charge on any atom is -0.349 e. The SMILES string of the molecule is Cc1ccc(C#N)c(C2CC(NC(=O)c3cnn(C(C)c4cnc(N5CC[C@H](C)C5=O)c(P)c4)c3)C2)c1. The number of aromatic nitrogens is 3. The van der Waals surface area contributed by atoms with E-state index >= 15 is 0 Å². The number of anilines is 1. The second-order valence-corrected chi connectivity index (χ2v) is 10.9. The van der Waals surface area contributed by atoms with Crippen molar-refractivity contribution in [3.8, 4) is 6.07 Å². The maximum atomic E-state index is 12.9. The number of carbonyl (C=O) groups excluding carboxylic acids is 2. The van der Waals surface area contributed by atoms with Gasteiger partial charge in [-0.05, 0) is 62.3 Å². The van der Waals surface area contributed by atoms with Crippen molar-refractivity contribution in [1.82, 2.24) is 20.1 Å². The number of nitrogens with zero attached hydrogens (tertiary/aromatic N) is 5. The van der Waals surface area contributed by atoms with Crippen LogP contribution in [0.15, 0.2) is 42.9 Å². The third kappa shape index (κ3) is 4.89. The highest BCUT2D eigenvalue weighted by molar-refractivity contribution is 7.28. The van der Waals surface area contributed by atoms with Crippen LogP contribution in [0, 0.1) is 24.2 Å². The number of aryl methyl sites for hydroxylation is 1. The first-order chi connectivity index (χ1) is 17.7. The highest BCUT2D eigenvalue weighted by atomic mass is 31.0. The van der Waals surface area contributed by atoms with Crippen LogP contribution < -0.4 is 15.5 Å². The Hall–Kier alpha value is -3.56. The van der Waals surface area contributed by atoms with Crippen LogP contribution >= 0.6 is 9.24 Å². The van der Waals surface area contributed by atoms with E-state index in [-0.39, 0.29) is 29.8 Å². The molecule has 5 rings (SSSR count). The Kier molecular flexibility index (Phi) is 6.83. The summed E-state index contributed by atoms with van der Waals surface area (Å²) in [7, 11) is 2.69. The Morgan fingerprint density at radius 3 is 2.73 bits per heavy atom. The van der Waals surface area contributed by atoms with Crippen LogP contribution in [0.5, 0.6) is 0 Å². The van der Waals surface area contributed by atoms with Gasteiger partial charge in [0.2, 0.25) is 5.91 Å². The van der Waals surface area contributed by atoms with Gasteiger partial charge in [0.05, 0.1) is 29.4 Å². The molecule has 3 atom stereocenters. The summed E-state index contributed by atoms with van der Waals surface area (Å²) in [5.41, 5.74) is 4.38. The van der Waals surface area contributed by atoms with Crippen LogP contribution in [0.1, 0.15) is 77.7 Å². The molecule has 190 valence electrons. The zero-order valence-electron chi connectivity index (χ0n) is 21.3. The molecule has 1 aliphatic heterocycles. The summed E-state index contributed by atoms with van der Waals surface area (Å²) < 4.78 is 1.76. The van der Waals surface area contributed by atoms with E-state index in [0.29, 0.717) is 29.4 Å². The average molecular weight is 515 g/mol. The van der Waals surface area contributed by atoms with E-state index in [1.807, 2.05) is 39.0 Å². The van der Waals surface area contributed by atoms with Crippen molar-refractivity contribution in [1.29, 1.82) is 5.26 Å². The molecule has 1 N–H and O–H groups in total. The van der Waals surface area contributed by atoms with E-state index in [1.54, 1.807) is 28.2 Å². The van der Waals surface area contributed by atoms with Gasteiger partial charge in [-0.2, -0.15) is 10.4 Å². The van der Waals surface area contributed by atoms with Crippen molar-refractivity contribution in [2.75, 3.05) is 11.4 Å². The Morgan fingerprint density at radius 2 is 2.05 bits per heavy atom. The minimum absolute atomic E-state index is 0.0295. The lowest BCUT2D eigenvalue weighted by atomic mass is 9.74. The molecule has 37 heavy (non-hydrogen) atoms. The molecular formula is C28H31N6O2P. The summed E-state index contributed by atoms with van der Waals surface area (Å²) in [5, 5.41) is 17.8. The van der Waals surface area contributed by atoms with Gasteiger partial charge < -0.3 is 5.32 Å². The topological polar surface area (TPSA) is 104 Å². The second-order valence-electron chi connectivity index (χ2n) is 10.3. The molecule has 0 radical (unpaired) electrons. The van der Waals surface area contributed by atoms with Crippen LogP contribution in [0.25, 0.3) is 0 Å². The summed E-state index contributed by atoms with van der Waals surface area (Å²) in [6, 6.07) is 10.2. The maximum absolute atomic E-state index is 12.9. The van der Waals surface area contributed by atoms with Crippen LogP contribution in [0.3, 0.4) is 0 Å². The third-order valence-corrected chi connectivity index (χ3v) is 8.05. The molecule has 2 amide bonds. The van der Waals surface area contributed by atoms with Gasteiger partial charge in [0.15, 0.2) is 0 Å². The van der Waals surface area contributed by atoms with Crippen molar-refractivity contribution in [3.63, 3.8) is 0 Å². The molecule has 2 aliphatic rings. The molecule has 1 saturated carbocycles. The first-order valence-electron chi connectivity index (χ1n) is 12.7. The van der Waals surface area contributed by atoms with Crippen molar-refractivity contribution < 1.29 is 9.59 Å². The highest BCUT2D eigenvalue weighted by Gasteiger charge is 2.33. The van der Waals surface area contributed by atoms with Gasteiger partial charge in [0, 0.05) is 36.2 Å². The number of hydrogen-bond acceptors (Lipinski definition) is 5. The Morgan fingerprint density at radius 1 is 1.27 bits per heavy atom. The zero-order chi connectivity index (χ0) is 26.3. The van der Waals surface area contributed by atoms with Crippen molar-refractivity contribution in [3.05, 3.63) is 70.7 Å². The number of carbonyl (C=O) groups is 2. The third-order valence-electron chi connectivity index (χ3n) is 7.63. The predicted molar refractivity (Wildman–Crippen MR) is 145 cm³/mol. The van der Waals surface area contributed by atoms with E-state index in [0.717, 1.165) is 41.3 Å². The Balaban J connectivity index is 1.21. The van der Waals surface area contributed by atoms with Gasteiger partial charge in [-0.15, -0.1) is 9.24 Å². The highest BCUT2D eigenvalue weighted by Crippen LogP contribution is 2.39. The van der Waals surface area contributed by atoms with E-state index < -0.39 is 0 Å². The van der Waals surface area contributed by atoms with Gasteiger partial charge in [-0.1, -0.05) is 24.6 Å². The molecule has 1 aromatic carbocycles. The largest absolute Gasteiger partial charge is 0.349 e. The molecule has 9 heteroatoms. The quantitative estimate of drug-likeness (QED) is 0.506. The number of benzene rings is 1. The van der Waals surface area contributed by atoms with E-state index in [2.05, 4.69) is 36.8 Å². The van der Waals surface area contributed by atoms with Gasteiger partial charge in [0.1, 0.15) is 5.82 Å². The number of amides is 2. The van der Waals surface area contributed by atoms with E-state index in [4.69, 9.17) is 0 Å². The monoisotopic (exact) mass is 514 g/mol. The average Bonchev–Trinajstić information content (AvgIpc) is 3.48. The fourth-order valence-corrected chi connectivity index (χ4v) is 5.60. The molecule has 3 heterocycles. The number of nitrogens with one attached hydrogen (secondary N) is 1. The molecule has 1 aliphatic carbocycles. The molecule has 2 fully saturated rings. The fourth-order valence-electron chi connectivity index (χ4n) is 5.18. The number of rotatable bonds is 6. The molecule has 2 unspecified atom stereocenters. The van der Waals surface area contributed by atoms with Crippen molar-refractivity contribution in [2.45, 2.75) is 58.0 Å². The summed E-state index contributed by atoms with van der Waals surface area (Å²) in [6.07, 6.45) is 7.61. The van der Waals surface area contributed by atoms with Crippen molar-refractivity contribution in [2.24, 2.45) is 5.92 Å². The lowest BCUT2D eigenvalue weighted by Crippen LogP contribution is -2.43. The second kappa shape index (κ2) is 10.1. The number of hydrogen-bond donors (Lipinski definition) is 1. The zero-order valence-corrected chi connectivity index (χ0v) is 22.5. The standard InChI is InChI=1S/C28H31N6O2P/c1-16-4-5-19(12-29)24(8-16)20-9-23(10-20)32-27(35)22-14-31-34(15-22)18(3)21-11-25(37)26(30-13-21)33-7-6-17(2)28(33)36/h4-5,8,11,13-15,17-18,20,23H,6-7,9-10,37H2,1-3H3,(H,32,35)/t17-,18?,20?,23?/m0/s1. The van der Waals surface area contributed by atoms with Gasteiger partial charge in [0.25, 0.3) is 5.91 Å². The predicted octanol–water partition coefficient (Wildman–Crippen LogP) is 3.62. The number of nitriles is 1. The smallest absolute Gasteiger partial charge is 0.254 e. The summed E-state index contributed by atoms with van der Waals surface area (Å²) in [4.78, 5) is 31.6. The van der Waals surface area contributed by atoms with Crippen LogP contribution in [0.4, 0.5) is 5.82 Å². The summed E-state index contributed by atoms with van der Waals surface area (Å²) in [6.45, 7) is 6.67. The maximum Gasteiger partial charge on any atom is 0.254 e. The molecular weight excluding hydrogens is 483 g/mol. The Labute approximate surface area is 219 Å². The van der Waals surface area contributed by atoms with Crippen molar-refractivity contribution >= 4 is 32.2 Å². The van der Waals surface area contributed by atoms with Crippen LogP contribution in [-0.4, -0.2) is 39.2 Å². The number of pyridine rings is 1. The lowest BCUT2D eigenvalue weighted by molar-refractivity contribution is -0.119. The van der Waals surface area contributed by atoms with Gasteiger partial charge in [-0.3, -0.25) is 19.2 Å². The molecule has 2 aromatic heterocycles. The minimum atomic E-state index is -0.145. The van der Waals surface area contributed by atoms with Crippen LogP contribution in [-0.2, 0) is 4.79 Å². The normalized spacial score (nSPS) is 21.9. The van der Waals surface area contributed by atoms with Gasteiger partial charge in [-0.25, -0.2) is 4.98 Å². The molecule has 3 aromatic rings. The van der Waals surface area contributed by atoms with E-state index in [1.165, 1.54) is 0 Å². The first kappa shape index (κ1) is 25.1. The van der Waals surface area contributed by atoms with Crippen LogP contribution in [0.2, 0.25) is 0 Å². The molecule has 0 spiro atoms. The van der Waals surface area contributed by atoms with E-state index in [9.17, 15) is 14.9 Å². The van der Waals surface area contributed by atoms with Gasteiger partial charge >= 0.3 is 0 Å².